The highest BCUT2D eigenvalue weighted by atomic mass is 16.6. The number of nitrogens with zero attached hydrogens (tertiary/aromatic N) is 2. The minimum Gasteiger partial charge on any atom is -0.493 e. The van der Waals surface area contributed by atoms with Gasteiger partial charge in [-0.1, -0.05) is 12.1 Å². The second-order valence-corrected chi connectivity index (χ2v) is 8.30. The van der Waals surface area contributed by atoms with Gasteiger partial charge in [0.1, 0.15) is 11.5 Å². The number of carbonyl (C=O) groups is 1. The summed E-state index contributed by atoms with van der Waals surface area (Å²) < 4.78 is 22.8. The van der Waals surface area contributed by atoms with Crippen LogP contribution >= 0.6 is 0 Å². The van der Waals surface area contributed by atoms with Gasteiger partial charge in [0.15, 0.2) is 5.60 Å². The van der Waals surface area contributed by atoms with Crippen LogP contribution in [0.25, 0.3) is 11.5 Å². The predicted molar refractivity (Wildman–Crippen MR) is 125 cm³/mol. The van der Waals surface area contributed by atoms with Crippen LogP contribution in [-0.4, -0.2) is 36.4 Å². The number of benzene rings is 2. The minimum absolute atomic E-state index is 0.281. The van der Waals surface area contributed by atoms with Crippen molar-refractivity contribution in [1.82, 2.24) is 4.98 Å². The van der Waals surface area contributed by atoms with Crippen molar-refractivity contribution in [1.29, 1.82) is 5.26 Å². The van der Waals surface area contributed by atoms with Crippen LogP contribution in [0.3, 0.4) is 0 Å². The van der Waals surface area contributed by atoms with Gasteiger partial charge >= 0.3 is 5.97 Å². The Kier molecular flexibility index (Phi) is 7.29. The molecule has 0 aliphatic carbocycles. The van der Waals surface area contributed by atoms with Gasteiger partial charge in [-0.3, -0.25) is 0 Å². The molecule has 0 radical (unpaired) electrons. The van der Waals surface area contributed by atoms with Gasteiger partial charge in [0, 0.05) is 25.0 Å². The van der Waals surface area contributed by atoms with Gasteiger partial charge in [0.05, 0.1) is 30.5 Å². The summed E-state index contributed by atoms with van der Waals surface area (Å²) in [7, 11) is 0. The molecule has 7 heteroatoms. The fraction of sp³-hybridized carbons (Fsp3) is 0.370. The van der Waals surface area contributed by atoms with Gasteiger partial charge in [-0.2, -0.15) is 5.26 Å². The molecule has 1 aliphatic heterocycles. The van der Waals surface area contributed by atoms with Crippen LogP contribution in [0.2, 0.25) is 0 Å². The van der Waals surface area contributed by atoms with Crippen molar-refractivity contribution in [3.8, 4) is 23.3 Å². The SMILES string of the molecule is CCOC(=O)C1(Cc2ccc(OCCc3nc(-c4ccc(C#N)cc4)oc3C)cc2)CCCO1. The maximum absolute atomic E-state index is 12.5. The van der Waals surface area contributed by atoms with E-state index in [0.717, 1.165) is 34.8 Å². The molecule has 0 saturated carbocycles. The highest BCUT2D eigenvalue weighted by Gasteiger charge is 2.44. The molecule has 2 heterocycles. The van der Waals surface area contributed by atoms with Gasteiger partial charge in [0.2, 0.25) is 5.89 Å². The Hall–Kier alpha value is -3.63. The highest BCUT2D eigenvalue weighted by Crippen LogP contribution is 2.31. The van der Waals surface area contributed by atoms with Crippen molar-refractivity contribution in [2.75, 3.05) is 19.8 Å². The zero-order valence-corrected chi connectivity index (χ0v) is 19.5. The Labute approximate surface area is 199 Å². The molecule has 1 fully saturated rings. The van der Waals surface area contributed by atoms with Crippen LogP contribution in [0.1, 0.15) is 42.3 Å². The van der Waals surface area contributed by atoms with Crippen molar-refractivity contribution in [2.45, 2.75) is 45.1 Å². The molecule has 0 spiro atoms. The van der Waals surface area contributed by atoms with Crippen molar-refractivity contribution in [2.24, 2.45) is 0 Å². The molecule has 34 heavy (non-hydrogen) atoms. The van der Waals surface area contributed by atoms with E-state index < -0.39 is 5.60 Å². The van der Waals surface area contributed by atoms with Crippen molar-refractivity contribution >= 4 is 5.97 Å². The number of esters is 1. The number of nitriles is 1. The molecule has 3 aromatic rings. The molecule has 1 unspecified atom stereocenters. The lowest BCUT2D eigenvalue weighted by Gasteiger charge is -2.26. The largest absolute Gasteiger partial charge is 0.493 e. The normalized spacial score (nSPS) is 17.3. The molecule has 1 atom stereocenters. The fourth-order valence-electron chi connectivity index (χ4n) is 4.10. The number of hydrogen-bond donors (Lipinski definition) is 0. The lowest BCUT2D eigenvalue weighted by molar-refractivity contribution is -0.166. The summed E-state index contributed by atoms with van der Waals surface area (Å²) in [4.78, 5) is 17.1. The van der Waals surface area contributed by atoms with Crippen LogP contribution in [0.5, 0.6) is 5.75 Å². The first-order chi connectivity index (χ1) is 16.5. The Morgan fingerprint density at radius 1 is 1.18 bits per heavy atom. The van der Waals surface area contributed by atoms with E-state index in [-0.39, 0.29) is 5.97 Å². The van der Waals surface area contributed by atoms with Crippen LogP contribution < -0.4 is 4.74 Å². The van der Waals surface area contributed by atoms with Crippen molar-refractivity contribution < 1.29 is 23.4 Å². The average molecular weight is 461 g/mol. The number of rotatable bonds is 9. The van der Waals surface area contributed by atoms with E-state index in [9.17, 15) is 4.79 Å². The summed E-state index contributed by atoms with van der Waals surface area (Å²) in [6.45, 7) is 5.07. The van der Waals surface area contributed by atoms with Crippen molar-refractivity contribution in [3.63, 3.8) is 0 Å². The number of aryl methyl sites for hydroxylation is 1. The molecule has 2 aromatic carbocycles. The van der Waals surface area contributed by atoms with Crippen molar-refractivity contribution in [3.05, 3.63) is 71.1 Å². The second-order valence-electron chi connectivity index (χ2n) is 8.30. The standard InChI is InChI=1S/C27H28N2O5/c1-3-31-26(30)27(14-4-15-33-27)17-20-7-11-23(12-8-20)32-16-13-24-19(2)34-25(29-24)22-9-5-21(18-28)6-10-22/h5-12H,3-4,13-17H2,1-2H3. The molecule has 0 N–H and O–H groups in total. The van der Waals surface area contributed by atoms with Crippen LogP contribution in [0, 0.1) is 18.3 Å². The van der Waals surface area contributed by atoms with Gasteiger partial charge in [0.25, 0.3) is 0 Å². The van der Waals surface area contributed by atoms with Gasteiger partial charge in [-0.05, 0) is 68.7 Å². The molecular weight excluding hydrogens is 432 g/mol. The summed E-state index contributed by atoms with van der Waals surface area (Å²) in [6.07, 6.45) is 2.62. The minimum atomic E-state index is -0.879. The summed E-state index contributed by atoms with van der Waals surface area (Å²) in [5.74, 6) is 1.75. The van der Waals surface area contributed by atoms with E-state index in [1.165, 1.54) is 0 Å². The van der Waals surface area contributed by atoms with Gasteiger partial charge in [-0.25, -0.2) is 9.78 Å². The zero-order chi connectivity index (χ0) is 24.0. The first-order valence-corrected chi connectivity index (χ1v) is 11.5. The van der Waals surface area contributed by atoms with Gasteiger partial charge in [-0.15, -0.1) is 0 Å². The number of oxazole rings is 1. The molecule has 1 aromatic heterocycles. The lowest BCUT2D eigenvalue weighted by Crippen LogP contribution is -2.41. The third-order valence-electron chi connectivity index (χ3n) is 5.92. The monoisotopic (exact) mass is 460 g/mol. The molecule has 4 rings (SSSR count). The summed E-state index contributed by atoms with van der Waals surface area (Å²) in [5.41, 5.74) is 2.39. The Morgan fingerprint density at radius 3 is 2.59 bits per heavy atom. The maximum atomic E-state index is 12.5. The third kappa shape index (κ3) is 5.29. The summed E-state index contributed by atoms with van der Waals surface area (Å²) in [5, 5.41) is 8.94. The Bertz CT molecular complexity index is 1150. The molecule has 0 bridgehead atoms. The van der Waals surface area contributed by atoms with E-state index in [1.807, 2.05) is 43.3 Å². The van der Waals surface area contributed by atoms with E-state index in [0.29, 0.717) is 50.5 Å². The van der Waals surface area contributed by atoms with Crippen LogP contribution in [0.4, 0.5) is 0 Å². The first kappa shape index (κ1) is 23.5. The molecule has 0 amide bonds. The van der Waals surface area contributed by atoms with E-state index in [1.54, 1.807) is 19.1 Å². The zero-order valence-electron chi connectivity index (χ0n) is 19.5. The van der Waals surface area contributed by atoms with E-state index >= 15 is 0 Å². The average Bonchev–Trinajstić information content (AvgIpc) is 3.48. The summed E-state index contributed by atoms with van der Waals surface area (Å²) in [6, 6.07) is 17.0. The second kappa shape index (κ2) is 10.5. The Balaban J connectivity index is 1.33. The Morgan fingerprint density at radius 2 is 1.94 bits per heavy atom. The molecule has 1 aliphatic rings. The molecular formula is C27H28N2O5. The van der Waals surface area contributed by atoms with Crippen LogP contribution in [-0.2, 0) is 27.1 Å². The molecule has 176 valence electrons. The van der Waals surface area contributed by atoms with Crippen LogP contribution in [0.15, 0.2) is 52.9 Å². The third-order valence-corrected chi connectivity index (χ3v) is 5.92. The van der Waals surface area contributed by atoms with E-state index in [2.05, 4.69) is 11.1 Å². The quantitative estimate of drug-likeness (QED) is 0.423. The molecule has 1 saturated heterocycles. The molecule has 7 nitrogen and oxygen atoms in total. The number of carbonyl (C=O) groups excluding carboxylic acids is 1. The highest BCUT2D eigenvalue weighted by molar-refractivity contribution is 5.80. The topological polar surface area (TPSA) is 94.6 Å². The van der Waals surface area contributed by atoms with Gasteiger partial charge < -0.3 is 18.6 Å². The summed E-state index contributed by atoms with van der Waals surface area (Å²) >= 11 is 0. The number of aromatic nitrogens is 1. The maximum Gasteiger partial charge on any atom is 0.338 e. The first-order valence-electron chi connectivity index (χ1n) is 11.5. The lowest BCUT2D eigenvalue weighted by atomic mass is 9.91. The number of hydrogen-bond acceptors (Lipinski definition) is 7. The predicted octanol–water partition coefficient (Wildman–Crippen LogP) is 4.80. The smallest absolute Gasteiger partial charge is 0.338 e. The number of ether oxygens (including phenoxy) is 3. The van der Waals surface area contributed by atoms with E-state index in [4.69, 9.17) is 23.9 Å². The fourth-order valence-corrected chi connectivity index (χ4v) is 4.10.